The van der Waals surface area contributed by atoms with Crippen molar-refractivity contribution in [3.8, 4) is 0 Å². The number of hydrogen-bond donors (Lipinski definition) is 0. The Labute approximate surface area is 77.6 Å². The molecule has 11 heavy (non-hydrogen) atoms. The molecule has 0 aliphatic rings. The van der Waals surface area contributed by atoms with Crippen LogP contribution < -0.4 is 3.58 Å². The summed E-state index contributed by atoms with van der Waals surface area (Å²) in [5.74, 6) is 0. The van der Waals surface area contributed by atoms with Gasteiger partial charge in [-0.1, -0.05) is 0 Å². The molecular formula is C8H14N2Sn. The summed E-state index contributed by atoms with van der Waals surface area (Å²) in [6.07, 6.45) is 3.71. The molecule has 1 heterocycles. The van der Waals surface area contributed by atoms with E-state index >= 15 is 0 Å². The summed E-state index contributed by atoms with van der Waals surface area (Å²) < 4.78 is 2.01. The standard InChI is InChI=1S/C4H3N2.C4H9.Sn.2H/c1-2-4-6-5-3-1;1-4(2)3;;;/h1,3-4H;1-3H3;;;. The molecule has 0 aliphatic heterocycles. The van der Waals surface area contributed by atoms with Crippen LogP contribution in [0.25, 0.3) is 0 Å². The molecule has 0 radical (unpaired) electrons. The van der Waals surface area contributed by atoms with Gasteiger partial charge in [0, 0.05) is 0 Å². The van der Waals surface area contributed by atoms with Crippen molar-refractivity contribution in [2.75, 3.05) is 0 Å². The van der Waals surface area contributed by atoms with Crippen molar-refractivity contribution in [3.05, 3.63) is 18.5 Å². The van der Waals surface area contributed by atoms with Crippen molar-refractivity contribution in [1.29, 1.82) is 0 Å². The zero-order chi connectivity index (χ0) is 8.32. The van der Waals surface area contributed by atoms with Gasteiger partial charge in [-0.2, -0.15) is 0 Å². The van der Waals surface area contributed by atoms with Crippen LogP contribution in [-0.2, 0) is 0 Å². The molecule has 3 heteroatoms. The summed E-state index contributed by atoms with van der Waals surface area (Å²) in [6.45, 7) is 6.93. The first-order valence-corrected chi connectivity index (χ1v) is 7.87. The van der Waals surface area contributed by atoms with E-state index in [1.807, 2.05) is 6.20 Å². The van der Waals surface area contributed by atoms with Crippen LogP contribution in [0.5, 0.6) is 0 Å². The van der Waals surface area contributed by atoms with Gasteiger partial charge >= 0.3 is 77.6 Å². The van der Waals surface area contributed by atoms with Crippen molar-refractivity contribution in [2.45, 2.75) is 24.2 Å². The van der Waals surface area contributed by atoms with Gasteiger partial charge in [-0.15, -0.1) is 0 Å². The molecule has 1 aromatic heterocycles. The number of aromatic nitrogens is 2. The third-order valence-electron chi connectivity index (χ3n) is 1.38. The van der Waals surface area contributed by atoms with Gasteiger partial charge in [0.1, 0.15) is 0 Å². The van der Waals surface area contributed by atoms with Crippen LogP contribution in [0.4, 0.5) is 0 Å². The van der Waals surface area contributed by atoms with Crippen molar-refractivity contribution < 1.29 is 0 Å². The van der Waals surface area contributed by atoms with Gasteiger partial charge in [-0.3, -0.25) is 0 Å². The molecule has 0 aliphatic carbocycles. The van der Waals surface area contributed by atoms with E-state index in [4.69, 9.17) is 0 Å². The summed E-state index contributed by atoms with van der Waals surface area (Å²) >= 11 is -0.807. The molecule has 0 aromatic carbocycles. The third-order valence-corrected chi connectivity index (χ3v) is 6.77. The third kappa shape index (κ3) is 3.70. The van der Waals surface area contributed by atoms with E-state index in [0.29, 0.717) is 3.43 Å². The Morgan fingerprint density at radius 1 is 1.27 bits per heavy atom. The Bertz CT molecular complexity index is 215. The van der Waals surface area contributed by atoms with Crippen LogP contribution in [0.2, 0.25) is 3.43 Å². The van der Waals surface area contributed by atoms with Gasteiger partial charge in [-0.05, 0) is 0 Å². The molecule has 2 nitrogen and oxygen atoms in total. The quantitative estimate of drug-likeness (QED) is 0.684. The first kappa shape index (κ1) is 8.97. The normalized spacial score (nSPS) is 12.6. The fourth-order valence-corrected chi connectivity index (χ4v) is 5.66. The molecule has 0 fully saturated rings. The van der Waals surface area contributed by atoms with Crippen LogP contribution in [0.1, 0.15) is 20.8 Å². The minimum absolute atomic E-state index is 0.546. The first-order chi connectivity index (χ1) is 5.08. The maximum atomic E-state index is 3.87. The summed E-state index contributed by atoms with van der Waals surface area (Å²) in [5, 5.41) is 7.63. The molecule has 0 saturated carbocycles. The van der Waals surface area contributed by atoms with Gasteiger partial charge < -0.3 is 0 Å². The van der Waals surface area contributed by atoms with Crippen LogP contribution in [0, 0.1) is 0 Å². The second-order valence-corrected chi connectivity index (χ2v) is 13.4. The van der Waals surface area contributed by atoms with Crippen molar-refractivity contribution >= 4 is 24.7 Å². The average molecular weight is 257 g/mol. The van der Waals surface area contributed by atoms with Crippen LogP contribution >= 0.6 is 0 Å². The molecule has 0 N–H and O–H groups in total. The SMILES string of the molecule is C[C](C)(C)[SnH2][c]1ccnnc1. The molecule has 0 amide bonds. The molecule has 60 valence electrons. The molecule has 0 atom stereocenters. The monoisotopic (exact) mass is 258 g/mol. The number of hydrogen-bond acceptors (Lipinski definition) is 2. The van der Waals surface area contributed by atoms with Crippen molar-refractivity contribution in [2.24, 2.45) is 0 Å². The van der Waals surface area contributed by atoms with Crippen LogP contribution in [-0.4, -0.2) is 31.3 Å². The zero-order valence-electron chi connectivity index (χ0n) is 7.33. The Balaban J connectivity index is 2.66. The number of rotatable bonds is 1. The Hall–Kier alpha value is -0.121. The maximum absolute atomic E-state index is 3.87. The second-order valence-electron chi connectivity index (χ2n) is 3.99. The van der Waals surface area contributed by atoms with E-state index in [9.17, 15) is 0 Å². The van der Waals surface area contributed by atoms with Crippen molar-refractivity contribution in [3.63, 3.8) is 0 Å². The van der Waals surface area contributed by atoms with Crippen LogP contribution in [0.3, 0.4) is 0 Å². The summed E-state index contributed by atoms with van der Waals surface area (Å²) in [4.78, 5) is 0. The molecular weight excluding hydrogens is 243 g/mol. The Kier molecular flexibility index (Phi) is 2.87. The molecule has 0 bridgehead atoms. The fraction of sp³-hybridized carbons (Fsp3) is 0.500. The summed E-state index contributed by atoms with van der Waals surface area (Å²) in [5.41, 5.74) is 0. The van der Waals surface area contributed by atoms with Gasteiger partial charge in [0.25, 0.3) is 0 Å². The molecule has 0 saturated heterocycles. The van der Waals surface area contributed by atoms with Gasteiger partial charge in [0.05, 0.1) is 0 Å². The van der Waals surface area contributed by atoms with Crippen molar-refractivity contribution in [1.82, 2.24) is 10.2 Å². The fourth-order valence-electron chi connectivity index (χ4n) is 1.04. The van der Waals surface area contributed by atoms with Gasteiger partial charge in [-0.25, -0.2) is 0 Å². The van der Waals surface area contributed by atoms with Gasteiger partial charge in [0.15, 0.2) is 0 Å². The zero-order valence-corrected chi connectivity index (χ0v) is 11.4. The van der Waals surface area contributed by atoms with E-state index in [1.54, 1.807) is 6.20 Å². The predicted octanol–water partition coefficient (Wildman–Crippen LogP) is 0.489. The summed E-state index contributed by atoms with van der Waals surface area (Å²) in [7, 11) is 0. The van der Waals surface area contributed by atoms with E-state index in [2.05, 4.69) is 37.0 Å². The number of nitrogens with zero attached hydrogens (tertiary/aromatic N) is 2. The van der Waals surface area contributed by atoms with E-state index in [1.165, 1.54) is 3.58 Å². The molecule has 0 unspecified atom stereocenters. The average Bonchev–Trinajstić information content (AvgIpc) is 1.85. The minimum atomic E-state index is -0.807. The molecule has 0 spiro atoms. The Morgan fingerprint density at radius 3 is 2.45 bits per heavy atom. The summed E-state index contributed by atoms with van der Waals surface area (Å²) in [6, 6.07) is 2.11. The van der Waals surface area contributed by atoms with E-state index < -0.39 is 21.1 Å². The van der Waals surface area contributed by atoms with E-state index in [-0.39, 0.29) is 0 Å². The molecule has 1 aromatic rings. The topological polar surface area (TPSA) is 25.8 Å². The van der Waals surface area contributed by atoms with Crippen LogP contribution in [0.15, 0.2) is 18.5 Å². The predicted molar refractivity (Wildman–Crippen MR) is 49.9 cm³/mol. The first-order valence-electron chi connectivity index (χ1n) is 3.83. The van der Waals surface area contributed by atoms with E-state index in [0.717, 1.165) is 0 Å². The Morgan fingerprint density at radius 2 is 2.00 bits per heavy atom. The van der Waals surface area contributed by atoms with Gasteiger partial charge in [0.2, 0.25) is 0 Å². The second kappa shape index (κ2) is 3.52. The molecule has 1 rings (SSSR count).